The number of hydrogen-bond acceptors (Lipinski definition) is 6. The number of rotatable bonds is 11. The summed E-state index contributed by atoms with van der Waals surface area (Å²) in [6.07, 6.45) is 0.264. The lowest BCUT2D eigenvalue weighted by Crippen LogP contribution is -2.30. The molecule has 3 aromatic carbocycles. The van der Waals surface area contributed by atoms with Crippen LogP contribution in [0.5, 0.6) is 11.5 Å². The summed E-state index contributed by atoms with van der Waals surface area (Å²) >= 11 is 0. The molecule has 34 heavy (non-hydrogen) atoms. The Bertz CT molecular complexity index is 1050. The zero-order valence-electron chi connectivity index (χ0n) is 19.8. The van der Waals surface area contributed by atoms with Crippen molar-refractivity contribution in [3.63, 3.8) is 0 Å². The lowest BCUT2D eigenvalue weighted by Gasteiger charge is -2.18. The number of aliphatic hydroxyl groups excluding tert-OH is 1. The Hall–Kier alpha value is -2.73. The summed E-state index contributed by atoms with van der Waals surface area (Å²) in [7, 11) is 1.36. The molecule has 0 aromatic heterocycles. The van der Waals surface area contributed by atoms with E-state index in [0.717, 1.165) is 28.7 Å². The van der Waals surface area contributed by atoms with Gasteiger partial charge in [-0.25, -0.2) is 0 Å². The van der Waals surface area contributed by atoms with E-state index in [1.54, 1.807) is 12.1 Å². The first kappa shape index (κ1) is 25.9. The van der Waals surface area contributed by atoms with E-state index in [9.17, 15) is 5.11 Å². The van der Waals surface area contributed by atoms with Crippen LogP contribution < -0.4 is 9.26 Å². The number of aliphatic hydroxyl groups is 1. The highest BCUT2D eigenvalue weighted by molar-refractivity contribution is 7.39. The van der Waals surface area contributed by atoms with E-state index in [-0.39, 0.29) is 6.61 Å². The minimum atomic E-state index is -2.46. The van der Waals surface area contributed by atoms with Gasteiger partial charge < -0.3 is 29.1 Å². The first-order valence-corrected chi connectivity index (χ1v) is 12.3. The molecule has 0 aliphatic carbocycles. The molecule has 180 valence electrons. The van der Waals surface area contributed by atoms with Crippen LogP contribution in [-0.2, 0) is 0 Å². The molecule has 6 nitrogen and oxygen atoms in total. The maximum absolute atomic E-state index is 10.1. The second-order valence-corrected chi connectivity index (χ2v) is 8.88. The van der Waals surface area contributed by atoms with E-state index >= 15 is 0 Å². The van der Waals surface area contributed by atoms with Gasteiger partial charge in [-0.15, -0.1) is 0 Å². The van der Waals surface area contributed by atoms with Gasteiger partial charge in [-0.1, -0.05) is 61.5 Å². The largest absolute Gasteiger partial charge is 0.491 e. The predicted octanol–water partition coefficient (Wildman–Crippen LogP) is 4.95. The number of hydrogen-bond donors (Lipinski definition) is 3. The fourth-order valence-corrected chi connectivity index (χ4v) is 4.15. The molecule has 0 saturated heterocycles. The third-order valence-corrected chi connectivity index (χ3v) is 5.64. The van der Waals surface area contributed by atoms with Gasteiger partial charge in [0.1, 0.15) is 24.2 Å². The average Bonchev–Trinajstić information content (AvgIpc) is 2.82. The molecule has 0 fully saturated rings. The molecule has 1 unspecified atom stereocenters. The first-order chi connectivity index (χ1) is 16.4. The lowest BCUT2D eigenvalue weighted by atomic mass is 9.88. The highest BCUT2D eigenvalue weighted by atomic mass is 31.2. The number of likely N-dealkylation sites (N-methyl/N-ethyl adjacent to an activating group) is 1. The predicted molar refractivity (Wildman–Crippen MR) is 138 cm³/mol. The average molecular weight is 482 g/mol. The van der Waals surface area contributed by atoms with Crippen molar-refractivity contribution in [1.29, 1.82) is 0 Å². The molecule has 0 aliphatic rings. The smallest absolute Gasteiger partial charge is 0.391 e. The fraction of sp³-hybridized carbons (Fsp3) is 0.259. The van der Waals surface area contributed by atoms with Crippen molar-refractivity contribution < 1.29 is 24.2 Å². The second-order valence-electron chi connectivity index (χ2n) is 8.19. The zero-order valence-corrected chi connectivity index (χ0v) is 20.7. The van der Waals surface area contributed by atoms with Gasteiger partial charge in [0.15, 0.2) is 0 Å². The Morgan fingerprint density at radius 2 is 1.38 bits per heavy atom. The number of nitrogens with zero attached hydrogens (tertiary/aromatic N) is 1. The van der Waals surface area contributed by atoms with Gasteiger partial charge in [0.05, 0.1) is 0 Å². The monoisotopic (exact) mass is 481 g/mol. The molecular formula is C27H32NO5P. The molecule has 0 radical (unpaired) electrons. The van der Waals surface area contributed by atoms with E-state index in [2.05, 4.69) is 19.1 Å². The summed E-state index contributed by atoms with van der Waals surface area (Å²) in [5.74, 6) is 1.10. The van der Waals surface area contributed by atoms with E-state index in [0.29, 0.717) is 18.0 Å². The van der Waals surface area contributed by atoms with Crippen LogP contribution in [0.1, 0.15) is 30.0 Å². The van der Waals surface area contributed by atoms with Crippen LogP contribution in [0.4, 0.5) is 0 Å². The summed E-state index contributed by atoms with van der Waals surface area (Å²) < 4.78 is 10.8. The van der Waals surface area contributed by atoms with Crippen LogP contribution in [0, 0.1) is 0 Å². The third kappa shape index (κ3) is 7.39. The molecule has 7 heteroatoms. The Morgan fingerprint density at radius 1 is 0.824 bits per heavy atom. The molecule has 3 N–H and O–H groups in total. The molecule has 0 amide bonds. The highest BCUT2D eigenvalue weighted by Gasteiger charge is 2.14. The Labute approximate surface area is 202 Å². The van der Waals surface area contributed by atoms with Crippen molar-refractivity contribution in [2.24, 2.45) is 0 Å². The van der Waals surface area contributed by atoms with Crippen LogP contribution >= 0.6 is 8.60 Å². The summed E-state index contributed by atoms with van der Waals surface area (Å²) in [6, 6.07) is 25.4. The quantitative estimate of drug-likeness (QED) is 0.266. The molecule has 0 saturated carbocycles. The highest BCUT2D eigenvalue weighted by Crippen LogP contribution is 2.36. The maximum atomic E-state index is 10.1. The second kappa shape index (κ2) is 12.7. The lowest BCUT2D eigenvalue weighted by molar-refractivity contribution is 0.0831. The topological polar surface area (TPSA) is 82.4 Å². The van der Waals surface area contributed by atoms with Crippen molar-refractivity contribution in [3.05, 3.63) is 95.6 Å². The Kier molecular flexibility index (Phi) is 9.63. The van der Waals surface area contributed by atoms with E-state index < -0.39 is 14.7 Å². The summed E-state index contributed by atoms with van der Waals surface area (Å²) in [5.41, 5.74) is 5.43. The van der Waals surface area contributed by atoms with Crippen LogP contribution in [0.25, 0.3) is 11.1 Å². The van der Waals surface area contributed by atoms with Crippen LogP contribution in [0.3, 0.4) is 0 Å². The zero-order chi connectivity index (χ0) is 24.5. The molecule has 0 heterocycles. The van der Waals surface area contributed by atoms with Crippen molar-refractivity contribution in [1.82, 2.24) is 4.90 Å². The molecule has 0 bridgehead atoms. The van der Waals surface area contributed by atoms with Gasteiger partial charge in [-0.2, -0.15) is 0 Å². The summed E-state index contributed by atoms with van der Waals surface area (Å²) in [4.78, 5) is 20.2. The van der Waals surface area contributed by atoms with Gasteiger partial charge in [-0.3, -0.25) is 0 Å². The van der Waals surface area contributed by atoms with E-state index in [1.807, 2.05) is 73.6 Å². The van der Waals surface area contributed by atoms with Gasteiger partial charge in [0.25, 0.3) is 0 Å². The molecule has 1 atom stereocenters. The van der Waals surface area contributed by atoms with Gasteiger partial charge in [0.2, 0.25) is 0 Å². The van der Waals surface area contributed by atoms with Crippen LogP contribution in [0.2, 0.25) is 0 Å². The normalized spacial score (nSPS) is 13.1. The summed E-state index contributed by atoms with van der Waals surface area (Å²) in [6.45, 7) is 2.90. The Balaban J connectivity index is 1.95. The minimum Gasteiger partial charge on any atom is -0.491 e. The van der Waals surface area contributed by atoms with E-state index in [1.165, 1.54) is 5.57 Å². The third-order valence-electron chi connectivity index (χ3n) is 5.27. The number of ether oxygens (including phenoxy) is 1. The van der Waals surface area contributed by atoms with E-state index in [4.69, 9.17) is 19.0 Å². The standard InChI is InChI=1S/C27H32NO5P/c1-4-26(20-8-6-5-7-9-20)27(22-12-16-25(17-13-22)33-34(30)31)21-10-14-24(15-11-21)32-19-23(29)18-28(2)3/h5-17,23,29-31H,4,18-19H2,1-3H3. The van der Waals surface area contributed by atoms with Gasteiger partial charge in [0, 0.05) is 6.54 Å². The summed E-state index contributed by atoms with van der Waals surface area (Å²) in [5, 5.41) is 10.1. The SMILES string of the molecule is CCC(=C(c1ccc(OCC(O)CN(C)C)cc1)c1ccc(OP(O)O)cc1)c1ccccc1. The number of benzene rings is 3. The van der Waals surface area contributed by atoms with Crippen molar-refractivity contribution in [2.75, 3.05) is 27.2 Å². The van der Waals surface area contributed by atoms with Crippen molar-refractivity contribution in [2.45, 2.75) is 19.4 Å². The van der Waals surface area contributed by atoms with Crippen molar-refractivity contribution >= 4 is 19.7 Å². The van der Waals surface area contributed by atoms with Crippen LogP contribution in [-0.4, -0.2) is 53.1 Å². The van der Waals surface area contributed by atoms with Gasteiger partial charge >= 0.3 is 8.60 Å². The Morgan fingerprint density at radius 3 is 1.88 bits per heavy atom. The molecule has 0 spiro atoms. The first-order valence-electron chi connectivity index (χ1n) is 11.2. The molecule has 3 aromatic rings. The minimum absolute atomic E-state index is 0.226. The maximum Gasteiger partial charge on any atom is 0.391 e. The van der Waals surface area contributed by atoms with Crippen LogP contribution in [0.15, 0.2) is 78.9 Å². The van der Waals surface area contributed by atoms with Crippen molar-refractivity contribution in [3.8, 4) is 11.5 Å². The molecule has 0 aliphatic heterocycles. The van der Waals surface area contributed by atoms with Gasteiger partial charge in [-0.05, 0) is 72.6 Å². The molecule has 3 rings (SSSR count). The number of allylic oxidation sites excluding steroid dienone is 1. The fourth-order valence-electron chi connectivity index (χ4n) is 3.84. The molecular weight excluding hydrogens is 449 g/mol.